The molecule has 3 rings (SSSR count). The molecule has 0 aliphatic carbocycles. The van der Waals surface area contributed by atoms with Crippen LogP contribution in [0.2, 0.25) is 0 Å². The molecular formula is C15H14S2. The summed E-state index contributed by atoms with van der Waals surface area (Å²) >= 11 is 0. The van der Waals surface area contributed by atoms with E-state index in [1.54, 1.807) is 0 Å². The molecule has 0 aromatic heterocycles. The summed E-state index contributed by atoms with van der Waals surface area (Å²) in [4.78, 5) is 0. The molecule has 0 unspecified atom stereocenters. The largest absolute Gasteiger partial charge is 0.0928 e. The zero-order valence-electron chi connectivity index (χ0n) is 9.50. The summed E-state index contributed by atoms with van der Waals surface area (Å²) in [5.74, 6) is 2.34. The van der Waals surface area contributed by atoms with E-state index in [-0.39, 0.29) is 5.41 Å². The molecule has 0 atom stereocenters. The Labute approximate surface area is 110 Å². The van der Waals surface area contributed by atoms with E-state index in [0.717, 1.165) is 0 Å². The van der Waals surface area contributed by atoms with Gasteiger partial charge in [-0.3, -0.25) is 0 Å². The SMILES string of the molecule is c1ccc(C2(c3ccccc3)CSSC2)cc1. The van der Waals surface area contributed by atoms with Crippen molar-refractivity contribution >= 4 is 21.6 Å². The van der Waals surface area contributed by atoms with E-state index < -0.39 is 0 Å². The van der Waals surface area contributed by atoms with Gasteiger partial charge in [0.15, 0.2) is 0 Å². The quantitative estimate of drug-likeness (QED) is 0.734. The molecule has 0 saturated carbocycles. The summed E-state index contributed by atoms with van der Waals surface area (Å²) in [5, 5.41) is 0. The first-order valence-corrected chi connectivity index (χ1v) is 8.26. The van der Waals surface area contributed by atoms with Crippen LogP contribution in [-0.2, 0) is 5.41 Å². The third-order valence-electron chi connectivity index (χ3n) is 3.35. The van der Waals surface area contributed by atoms with Crippen molar-refractivity contribution in [2.75, 3.05) is 11.5 Å². The topological polar surface area (TPSA) is 0 Å². The van der Waals surface area contributed by atoms with Gasteiger partial charge in [0, 0.05) is 16.9 Å². The third kappa shape index (κ3) is 2.00. The Morgan fingerprint density at radius 2 is 1.06 bits per heavy atom. The highest BCUT2D eigenvalue weighted by molar-refractivity contribution is 8.77. The van der Waals surface area contributed by atoms with Gasteiger partial charge in [-0.2, -0.15) is 0 Å². The van der Waals surface area contributed by atoms with Gasteiger partial charge in [-0.15, -0.1) is 0 Å². The first kappa shape index (κ1) is 11.2. The number of hydrogen-bond acceptors (Lipinski definition) is 2. The maximum atomic E-state index is 2.26. The van der Waals surface area contributed by atoms with Crippen LogP contribution < -0.4 is 0 Å². The number of rotatable bonds is 2. The van der Waals surface area contributed by atoms with Crippen molar-refractivity contribution in [1.29, 1.82) is 0 Å². The molecule has 0 N–H and O–H groups in total. The lowest BCUT2D eigenvalue weighted by molar-refractivity contribution is 0.674. The minimum Gasteiger partial charge on any atom is -0.0928 e. The van der Waals surface area contributed by atoms with E-state index in [1.165, 1.54) is 22.6 Å². The van der Waals surface area contributed by atoms with Crippen molar-refractivity contribution in [3.05, 3.63) is 71.8 Å². The average Bonchev–Trinajstić information content (AvgIpc) is 2.91. The van der Waals surface area contributed by atoms with Gasteiger partial charge in [-0.05, 0) is 11.1 Å². The van der Waals surface area contributed by atoms with E-state index in [2.05, 4.69) is 60.7 Å². The molecule has 1 saturated heterocycles. The van der Waals surface area contributed by atoms with Gasteiger partial charge in [0.25, 0.3) is 0 Å². The fourth-order valence-corrected chi connectivity index (χ4v) is 5.62. The molecule has 1 heterocycles. The molecule has 86 valence electrons. The van der Waals surface area contributed by atoms with E-state index in [4.69, 9.17) is 0 Å². The monoisotopic (exact) mass is 258 g/mol. The molecule has 17 heavy (non-hydrogen) atoms. The predicted molar refractivity (Wildman–Crippen MR) is 78.6 cm³/mol. The molecule has 1 aliphatic heterocycles. The summed E-state index contributed by atoms with van der Waals surface area (Å²) < 4.78 is 0. The first-order chi connectivity index (χ1) is 8.42. The van der Waals surface area contributed by atoms with E-state index in [0.29, 0.717) is 0 Å². The van der Waals surface area contributed by atoms with Gasteiger partial charge in [-0.25, -0.2) is 0 Å². The van der Waals surface area contributed by atoms with Crippen molar-refractivity contribution in [3.63, 3.8) is 0 Å². The van der Waals surface area contributed by atoms with Crippen LogP contribution >= 0.6 is 21.6 Å². The highest BCUT2D eigenvalue weighted by Crippen LogP contribution is 2.48. The Kier molecular flexibility index (Phi) is 3.17. The zero-order valence-corrected chi connectivity index (χ0v) is 11.1. The van der Waals surface area contributed by atoms with Gasteiger partial charge >= 0.3 is 0 Å². The van der Waals surface area contributed by atoms with Gasteiger partial charge in [0.1, 0.15) is 0 Å². The maximum Gasteiger partial charge on any atom is 0.0400 e. The van der Waals surface area contributed by atoms with Gasteiger partial charge in [0.2, 0.25) is 0 Å². The Bertz CT molecular complexity index is 431. The smallest absolute Gasteiger partial charge is 0.0400 e. The normalized spacial score (nSPS) is 18.1. The second-order valence-electron chi connectivity index (χ2n) is 4.34. The first-order valence-electron chi connectivity index (χ1n) is 5.77. The molecule has 2 heteroatoms. The van der Waals surface area contributed by atoms with Crippen LogP contribution in [0.3, 0.4) is 0 Å². The second-order valence-corrected chi connectivity index (χ2v) is 6.80. The summed E-state index contributed by atoms with van der Waals surface area (Å²) in [6.07, 6.45) is 0. The van der Waals surface area contributed by atoms with Crippen molar-refractivity contribution in [2.45, 2.75) is 5.41 Å². The van der Waals surface area contributed by atoms with Crippen molar-refractivity contribution in [2.24, 2.45) is 0 Å². The number of hydrogen-bond donors (Lipinski definition) is 0. The fourth-order valence-electron chi connectivity index (χ4n) is 2.34. The molecule has 0 radical (unpaired) electrons. The van der Waals surface area contributed by atoms with E-state index >= 15 is 0 Å². The minimum atomic E-state index is 0.206. The lowest BCUT2D eigenvalue weighted by Gasteiger charge is -2.28. The van der Waals surface area contributed by atoms with Gasteiger partial charge in [0.05, 0.1) is 0 Å². The van der Waals surface area contributed by atoms with E-state index in [9.17, 15) is 0 Å². The number of benzene rings is 2. The Hall–Kier alpha value is -0.860. The Balaban J connectivity index is 2.11. The molecule has 2 aromatic carbocycles. The third-order valence-corrected chi connectivity index (χ3v) is 5.94. The second kappa shape index (κ2) is 4.79. The van der Waals surface area contributed by atoms with Crippen LogP contribution in [0.5, 0.6) is 0 Å². The summed E-state index contributed by atoms with van der Waals surface area (Å²) in [6, 6.07) is 21.8. The van der Waals surface area contributed by atoms with E-state index in [1.807, 2.05) is 21.6 Å². The zero-order chi connectivity index (χ0) is 11.6. The summed E-state index contributed by atoms with van der Waals surface area (Å²) in [7, 11) is 3.97. The molecule has 0 bridgehead atoms. The molecule has 1 fully saturated rings. The van der Waals surface area contributed by atoms with Crippen molar-refractivity contribution in [3.8, 4) is 0 Å². The minimum absolute atomic E-state index is 0.206. The highest BCUT2D eigenvalue weighted by Gasteiger charge is 2.38. The van der Waals surface area contributed by atoms with Crippen LogP contribution in [0.15, 0.2) is 60.7 Å². The van der Waals surface area contributed by atoms with Crippen molar-refractivity contribution in [1.82, 2.24) is 0 Å². The lowest BCUT2D eigenvalue weighted by atomic mass is 9.78. The molecular weight excluding hydrogens is 244 g/mol. The fraction of sp³-hybridized carbons (Fsp3) is 0.200. The van der Waals surface area contributed by atoms with Crippen LogP contribution in [0.1, 0.15) is 11.1 Å². The predicted octanol–water partition coefficient (Wildman–Crippen LogP) is 4.37. The maximum absolute atomic E-state index is 2.26. The summed E-state index contributed by atoms with van der Waals surface area (Å²) in [6.45, 7) is 0. The Morgan fingerprint density at radius 1 is 0.647 bits per heavy atom. The van der Waals surface area contributed by atoms with Crippen LogP contribution in [0.25, 0.3) is 0 Å². The van der Waals surface area contributed by atoms with Crippen LogP contribution in [0, 0.1) is 0 Å². The van der Waals surface area contributed by atoms with Crippen LogP contribution in [0.4, 0.5) is 0 Å². The molecule has 1 aliphatic rings. The van der Waals surface area contributed by atoms with Crippen LogP contribution in [-0.4, -0.2) is 11.5 Å². The van der Waals surface area contributed by atoms with Gasteiger partial charge in [-0.1, -0.05) is 82.3 Å². The molecule has 0 nitrogen and oxygen atoms in total. The molecule has 0 spiro atoms. The molecule has 0 amide bonds. The van der Waals surface area contributed by atoms with Gasteiger partial charge < -0.3 is 0 Å². The lowest BCUT2D eigenvalue weighted by Crippen LogP contribution is -2.29. The Morgan fingerprint density at radius 3 is 1.47 bits per heavy atom. The standard InChI is InChI=1S/C15H14S2/c1-3-7-13(8-4-1)15(11-16-17-12-15)14-9-5-2-6-10-14/h1-10H,11-12H2. The summed E-state index contributed by atoms with van der Waals surface area (Å²) in [5.41, 5.74) is 3.10. The molecule has 2 aromatic rings. The van der Waals surface area contributed by atoms with Crippen molar-refractivity contribution < 1.29 is 0 Å². The highest BCUT2D eigenvalue weighted by atomic mass is 33.1. The average molecular weight is 258 g/mol.